The fourth-order valence-electron chi connectivity index (χ4n) is 1.37. The second-order valence-corrected chi connectivity index (χ2v) is 3.36. The first-order valence-electron chi connectivity index (χ1n) is 3.81. The van der Waals surface area contributed by atoms with Crippen molar-refractivity contribution in [1.82, 2.24) is 0 Å². The molecule has 0 aromatic carbocycles. The van der Waals surface area contributed by atoms with Crippen LogP contribution in [0.3, 0.4) is 0 Å². The zero-order valence-corrected chi connectivity index (χ0v) is 6.55. The summed E-state index contributed by atoms with van der Waals surface area (Å²) in [5.41, 5.74) is 0. The van der Waals surface area contributed by atoms with Gasteiger partial charge in [-0.2, -0.15) is 0 Å². The Balaban J connectivity index is 2.35. The van der Waals surface area contributed by atoms with E-state index in [-0.39, 0.29) is 0 Å². The molecule has 0 N–H and O–H groups in total. The second-order valence-electron chi connectivity index (χ2n) is 3.36. The quantitative estimate of drug-likeness (QED) is 0.485. The van der Waals surface area contributed by atoms with E-state index in [2.05, 4.69) is 20.8 Å². The van der Waals surface area contributed by atoms with Gasteiger partial charge in [0.05, 0.1) is 6.10 Å². The minimum Gasteiger partial charge on any atom is -0.378 e. The molecule has 1 rings (SSSR count). The average molecular weight is 128 g/mol. The van der Waals surface area contributed by atoms with Crippen molar-refractivity contribution in [3.63, 3.8) is 0 Å². The van der Waals surface area contributed by atoms with Crippen LogP contribution in [0.4, 0.5) is 0 Å². The Hall–Kier alpha value is -0.0400. The zero-order chi connectivity index (χ0) is 6.85. The maximum atomic E-state index is 5.50. The summed E-state index contributed by atoms with van der Waals surface area (Å²) in [6.07, 6.45) is 1.82. The molecule has 1 nitrogen and oxygen atoms in total. The number of ether oxygens (including phenoxy) is 1. The summed E-state index contributed by atoms with van der Waals surface area (Å²) >= 11 is 0. The van der Waals surface area contributed by atoms with Crippen molar-refractivity contribution in [2.45, 2.75) is 33.3 Å². The molecule has 0 spiro atoms. The molecule has 0 aromatic rings. The lowest BCUT2D eigenvalue weighted by Crippen LogP contribution is -2.29. The molecule has 1 aliphatic heterocycles. The maximum absolute atomic E-state index is 5.50. The van der Waals surface area contributed by atoms with Gasteiger partial charge in [0.15, 0.2) is 0 Å². The molecule has 54 valence electrons. The normalized spacial score (nSPS) is 45.0. The standard InChI is InChI=1S/C8H16O/c1-6-4-7(2)8(3)9-5-6/h6-8H,4-5H2,1-3H3/t6-,7?,8+/m1/s1. The van der Waals surface area contributed by atoms with Crippen LogP contribution in [0.25, 0.3) is 0 Å². The van der Waals surface area contributed by atoms with Gasteiger partial charge in [-0.3, -0.25) is 0 Å². The van der Waals surface area contributed by atoms with Gasteiger partial charge in [-0.1, -0.05) is 13.8 Å². The summed E-state index contributed by atoms with van der Waals surface area (Å²) in [5.74, 6) is 1.53. The van der Waals surface area contributed by atoms with Crippen LogP contribution in [-0.2, 0) is 4.74 Å². The molecule has 0 aliphatic carbocycles. The maximum Gasteiger partial charge on any atom is 0.0572 e. The predicted octanol–water partition coefficient (Wildman–Crippen LogP) is 2.07. The highest BCUT2D eigenvalue weighted by molar-refractivity contribution is 4.70. The minimum atomic E-state index is 0.487. The van der Waals surface area contributed by atoms with Gasteiger partial charge >= 0.3 is 0 Å². The van der Waals surface area contributed by atoms with E-state index in [4.69, 9.17) is 4.74 Å². The van der Waals surface area contributed by atoms with E-state index in [0.29, 0.717) is 6.10 Å². The van der Waals surface area contributed by atoms with Gasteiger partial charge in [-0.05, 0) is 25.2 Å². The molecular formula is C8H16O. The Morgan fingerprint density at radius 2 is 1.89 bits per heavy atom. The summed E-state index contributed by atoms with van der Waals surface area (Å²) < 4.78 is 5.50. The topological polar surface area (TPSA) is 9.23 Å². The Morgan fingerprint density at radius 1 is 1.22 bits per heavy atom. The molecule has 1 heteroatoms. The van der Waals surface area contributed by atoms with E-state index >= 15 is 0 Å². The van der Waals surface area contributed by atoms with Crippen LogP contribution in [0.15, 0.2) is 0 Å². The SMILES string of the molecule is CC1C[C@@H](C)CO[C@H]1C. The van der Waals surface area contributed by atoms with Crippen molar-refractivity contribution < 1.29 is 4.74 Å². The van der Waals surface area contributed by atoms with Crippen LogP contribution >= 0.6 is 0 Å². The summed E-state index contributed by atoms with van der Waals surface area (Å²) in [6.45, 7) is 7.64. The first-order chi connectivity index (χ1) is 4.20. The fourth-order valence-corrected chi connectivity index (χ4v) is 1.37. The van der Waals surface area contributed by atoms with E-state index in [1.807, 2.05) is 0 Å². The largest absolute Gasteiger partial charge is 0.378 e. The second kappa shape index (κ2) is 2.70. The van der Waals surface area contributed by atoms with Gasteiger partial charge in [-0.15, -0.1) is 0 Å². The summed E-state index contributed by atoms with van der Waals surface area (Å²) in [6, 6.07) is 0. The monoisotopic (exact) mass is 128 g/mol. The third kappa shape index (κ3) is 1.68. The zero-order valence-electron chi connectivity index (χ0n) is 6.55. The Labute approximate surface area is 57.4 Å². The average Bonchev–Trinajstić information content (AvgIpc) is 1.80. The van der Waals surface area contributed by atoms with E-state index in [1.165, 1.54) is 6.42 Å². The molecule has 0 aromatic heterocycles. The summed E-state index contributed by atoms with van der Waals surface area (Å²) in [7, 11) is 0. The van der Waals surface area contributed by atoms with Gasteiger partial charge in [0, 0.05) is 6.61 Å². The molecule has 1 unspecified atom stereocenters. The molecule has 1 heterocycles. The molecule has 0 amide bonds. The molecule has 0 radical (unpaired) electrons. The molecule has 0 bridgehead atoms. The highest BCUT2D eigenvalue weighted by Crippen LogP contribution is 2.23. The molecule has 1 aliphatic rings. The molecule has 0 saturated carbocycles. The van der Waals surface area contributed by atoms with Crippen molar-refractivity contribution in [3.05, 3.63) is 0 Å². The van der Waals surface area contributed by atoms with Gasteiger partial charge < -0.3 is 4.74 Å². The number of hydrogen-bond acceptors (Lipinski definition) is 1. The van der Waals surface area contributed by atoms with Gasteiger partial charge in [0.1, 0.15) is 0 Å². The van der Waals surface area contributed by atoms with Crippen LogP contribution in [0.2, 0.25) is 0 Å². The molecule has 1 fully saturated rings. The minimum absolute atomic E-state index is 0.487. The summed E-state index contributed by atoms with van der Waals surface area (Å²) in [4.78, 5) is 0. The van der Waals surface area contributed by atoms with E-state index in [1.54, 1.807) is 0 Å². The van der Waals surface area contributed by atoms with E-state index in [9.17, 15) is 0 Å². The van der Waals surface area contributed by atoms with Crippen molar-refractivity contribution in [2.24, 2.45) is 11.8 Å². The first-order valence-corrected chi connectivity index (χ1v) is 3.81. The fraction of sp³-hybridized carbons (Fsp3) is 1.00. The molecule has 3 atom stereocenters. The number of rotatable bonds is 0. The van der Waals surface area contributed by atoms with Gasteiger partial charge in [0.25, 0.3) is 0 Å². The van der Waals surface area contributed by atoms with Crippen LogP contribution in [0.5, 0.6) is 0 Å². The van der Waals surface area contributed by atoms with Crippen LogP contribution in [0.1, 0.15) is 27.2 Å². The van der Waals surface area contributed by atoms with E-state index < -0.39 is 0 Å². The molecule has 9 heavy (non-hydrogen) atoms. The van der Waals surface area contributed by atoms with Crippen molar-refractivity contribution >= 4 is 0 Å². The third-order valence-electron chi connectivity index (χ3n) is 2.22. The predicted molar refractivity (Wildman–Crippen MR) is 38.4 cm³/mol. The lowest BCUT2D eigenvalue weighted by Gasteiger charge is -2.30. The van der Waals surface area contributed by atoms with Crippen LogP contribution in [0, 0.1) is 11.8 Å². The van der Waals surface area contributed by atoms with Crippen LogP contribution < -0.4 is 0 Å². The molecule has 1 saturated heterocycles. The van der Waals surface area contributed by atoms with Crippen molar-refractivity contribution in [3.8, 4) is 0 Å². The Kier molecular flexibility index (Phi) is 2.12. The van der Waals surface area contributed by atoms with Crippen molar-refractivity contribution in [1.29, 1.82) is 0 Å². The Morgan fingerprint density at radius 3 is 2.33 bits per heavy atom. The van der Waals surface area contributed by atoms with Crippen LogP contribution in [-0.4, -0.2) is 12.7 Å². The first kappa shape index (κ1) is 7.07. The third-order valence-corrected chi connectivity index (χ3v) is 2.22. The lowest BCUT2D eigenvalue weighted by atomic mass is 9.91. The van der Waals surface area contributed by atoms with E-state index in [0.717, 1.165) is 18.4 Å². The highest BCUT2D eigenvalue weighted by Gasteiger charge is 2.21. The Bertz CT molecular complexity index is 90.6. The lowest BCUT2D eigenvalue weighted by molar-refractivity contribution is -0.0351. The molecular weight excluding hydrogens is 112 g/mol. The van der Waals surface area contributed by atoms with Gasteiger partial charge in [-0.25, -0.2) is 0 Å². The van der Waals surface area contributed by atoms with Crippen molar-refractivity contribution in [2.75, 3.05) is 6.61 Å². The summed E-state index contributed by atoms with van der Waals surface area (Å²) in [5, 5.41) is 0. The highest BCUT2D eigenvalue weighted by atomic mass is 16.5. The number of hydrogen-bond donors (Lipinski definition) is 0. The van der Waals surface area contributed by atoms with Gasteiger partial charge in [0.2, 0.25) is 0 Å². The smallest absolute Gasteiger partial charge is 0.0572 e.